The summed E-state index contributed by atoms with van der Waals surface area (Å²) >= 11 is 0. The Labute approximate surface area is 300 Å². The molecule has 0 aromatic heterocycles. The van der Waals surface area contributed by atoms with E-state index in [4.69, 9.17) is 28.4 Å². The maximum atomic E-state index is 12.9. The lowest BCUT2D eigenvalue weighted by atomic mass is 10.0. The number of piperidine rings is 1. The summed E-state index contributed by atoms with van der Waals surface area (Å²) in [6.07, 6.45) is 0.592. The lowest BCUT2D eigenvalue weighted by Gasteiger charge is -2.29. The third-order valence-electron chi connectivity index (χ3n) is 7.95. The molecule has 0 bridgehead atoms. The zero-order valence-electron chi connectivity index (χ0n) is 28.0. The van der Waals surface area contributed by atoms with Crippen LogP contribution in [0.2, 0.25) is 0 Å². The number of amides is 4. The number of carbonyl (C=O) groups excluding carboxylic acids is 4. The number of nitrogens with one attached hydrogen (secondary N) is 3. The number of fused-ring (bicyclic) bond motifs is 1. The summed E-state index contributed by atoms with van der Waals surface area (Å²) in [5.74, 6) is -1.35. The number of halogens is 2. The molecule has 0 aliphatic carbocycles. The number of ether oxygens (including phenoxy) is 6. The molecule has 1 aromatic carbocycles. The molecule has 0 spiro atoms. The Morgan fingerprint density at radius 2 is 1.33 bits per heavy atom. The van der Waals surface area contributed by atoms with E-state index in [1.807, 2.05) is 0 Å². The second-order valence-corrected chi connectivity index (χ2v) is 11.3. The van der Waals surface area contributed by atoms with E-state index in [9.17, 15) is 19.2 Å². The van der Waals surface area contributed by atoms with Gasteiger partial charge in [0.1, 0.15) is 6.04 Å². The van der Waals surface area contributed by atoms with Crippen LogP contribution in [0.1, 0.15) is 35.2 Å². The number of nitrogens with zero attached hydrogens (tertiary/aromatic N) is 2. The Kier molecular flexibility index (Phi) is 21.5. The van der Waals surface area contributed by atoms with E-state index in [0.717, 1.165) is 39.3 Å². The van der Waals surface area contributed by atoms with Crippen LogP contribution in [0.4, 0.5) is 5.69 Å². The molecule has 4 amide bonds. The number of anilines is 1. The van der Waals surface area contributed by atoms with Crippen molar-refractivity contribution in [1.82, 2.24) is 20.4 Å². The molecule has 1 unspecified atom stereocenters. The van der Waals surface area contributed by atoms with Crippen LogP contribution in [0, 0.1) is 0 Å². The van der Waals surface area contributed by atoms with Crippen molar-refractivity contribution in [3.05, 3.63) is 29.3 Å². The van der Waals surface area contributed by atoms with E-state index in [-0.39, 0.29) is 74.9 Å². The molecule has 0 saturated carbocycles. The van der Waals surface area contributed by atoms with Gasteiger partial charge in [0, 0.05) is 62.5 Å². The molecule has 4 rings (SSSR count). The number of hydrogen-bond donors (Lipinski definition) is 3. The van der Waals surface area contributed by atoms with Crippen LogP contribution < -0.4 is 16.0 Å². The van der Waals surface area contributed by atoms with Crippen molar-refractivity contribution in [2.45, 2.75) is 31.8 Å². The Morgan fingerprint density at radius 3 is 1.90 bits per heavy atom. The largest absolute Gasteiger partial charge is 0.379 e. The SMILES string of the molecule is Cl.Cl.O=C1CCC(N2Cc3c(NC(=O)CCOCCOCCOCCOCCOCCOCCN4CCNCC4)cccc3C2=O)C(=O)N1. The first-order valence-electron chi connectivity index (χ1n) is 16.5. The van der Waals surface area contributed by atoms with Crippen molar-refractivity contribution in [3.63, 3.8) is 0 Å². The molecular formula is C32H51Cl2N5O10. The zero-order valence-corrected chi connectivity index (χ0v) is 29.6. The first kappa shape index (κ1) is 42.7. The smallest absolute Gasteiger partial charge is 0.255 e. The van der Waals surface area contributed by atoms with Gasteiger partial charge in [-0.1, -0.05) is 6.07 Å². The Balaban J connectivity index is 0.00000417. The average Bonchev–Trinajstić information content (AvgIpc) is 3.41. The number of rotatable bonds is 23. The van der Waals surface area contributed by atoms with E-state index < -0.39 is 11.9 Å². The van der Waals surface area contributed by atoms with Crippen LogP contribution in [-0.2, 0) is 49.3 Å². The molecule has 0 radical (unpaired) electrons. The predicted octanol–water partition coefficient (Wildman–Crippen LogP) is 0.625. The summed E-state index contributed by atoms with van der Waals surface area (Å²) in [5, 5.41) is 8.48. The first-order chi connectivity index (χ1) is 23.0. The molecule has 1 atom stereocenters. The number of hydrogen-bond acceptors (Lipinski definition) is 12. The molecule has 2 fully saturated rings. The standard InChI is InChI=1S/C32H49N5O10.2ClH/c38-29-5-4-28(31(40)35-29)37-24-26-25(32(37)41)2-1-3-27(26)34-30(39)6-12-42-14-16-44-18-20-46-22-23-47-21-19-45-17-15-43-13-11-36-9-7-33-8-10-36;;/h1-3,28,33H,4-24H2,(H,34,39)(H,35,38,40);2*1H. The molecule has 17 heteroatoms. The second kappa shape index (κ2) is 24.7. The van der Waals surface area contributed by atoms with E-state index in [1.165, 1.54) is 4.90 Å². The predicted molar refractivity (Wildman–Crippen MR) is 184 cm³/mol. The van der Waals surface area contributed by atoms with Crippen LogP contribution in [0.5, 0.6) is 0 Å². The highest BCUT2D eigenvalue weighted by molar-refractivity contribution is 6.06. The minimum atomic E-state index is -0.711. The quantitative estimate of drug-likeness (QED) is 0.106. The fourth-order valence-corrected chi connectivity index (χ4v) is 5.41. The van der Waals surface area contributed by atoms with Crippen molar-refractivity contribution in [2.75, 3.05) is 117 Å². The summed E-state index contributed by atoms with van der Waals surface area (Å²) in [5.41, 5.74) is 1.62. The number of piperazine rings is 1. The highest BCUT2D eigenvalue weighted by Crippen LogP contribution is 2.32. The molecule has 3 heterocycles. The van der Waals surface area contributed by atoms with Gasteiger partial charge in [0.2, 0.25) is 17.7 Å². The highest BCUT2D eigenvalue weighted by Gasteiger charge is 2.39. The fourth-order valence-electron chi connectivity index (χ4n) is 5.41. The number of carbonyl (C=O) groups is 4. The van der Waals surface area contributed by atoms with Gasteiger partial charge in [-0.2, -0.15) is 0 Å². The van der Waals surface area contributed by atoms with E-state index >= 15 is 0 Å². The van der Waals surface area contributed by atoms with Gasteiger partial charge < -0.3 is 44.0 Å². The number of benzene rings is 1. The molecule has 15 nitrogen and oxygen atoms in total. The maximum Gasteiger partial charge on any atom is 0.255 e. The highest BCUT2D eigenvalue weighted by atomic mass is 35.5. The number of imide groups is 1. The fraction of sp³-hybridized carbons (Fsp3) is 0.688. The van der Waals surface area contributed by atoms with Gasteiger partial charge in [0.25, 0.3) is 5.91 Å². The van der Waals surface area contributed by atoms with Crippen molar-refractivity contribution in [3.8, 4) is 0 Å². The molecule has 3 aliphatic heterocycles. The minimum absolute atomic E-state index is 0. The lowest BCUT2D eigenvalue weighted by Crippen LogP contribution is -2.52. The molecule has 278 valence electrons. The van der Waals surface area contributed by atoms with Crippen LogP contribution in [0.25, 0.3) is 0 Å². The second-order valence-electron chi connectivity index (χ2n) is 11.3. The maximum absolute atomic E-state index is 12.9. The third-order valence-corrected chi connectivity index (χ3v) is 7.95. The third kappa shape index (κ3) is 15.1. The van der Waals surface area contributed by atoms with Gasteiger partial charge in [-0.3, -0.25) is 29.4 Å². The monoisotopic (exact) mass is 735 g/mol. The summed E-state index contributed by atoms with van der Waals surface area (Å²) < 4.78 is 33.1. The van der Waals surface area contributed by atoms with Crippen molar-refractivity contribution < 1.29 is 47.6 Å². The molecule has 49 heavy (non-hydrogen) atoms. The van der Waals surface area contributed by atoms with Gasteiger partial charge in [-0.05, 0) is 18.6 Å². The van der Waals surface area contributed by atoms with Crippen LogP contribution in [0.3, 0.4) is 0 Å². The van der Waals surface area contributed by atoms with Gasteiger partial charge in [0.05, 0.1) is 85.7 Å². The molecule has 1 aromatic rings. The zero-order chi connectivity index (χ0) is 33.1. The molecule has 2 saturated heterocycles. The Morgan fingerprint density at radius 1 is 0.776 bits per heavy atom. The first-order valence-corrected chi connectivity index (χ1v) is 16.5. The summed E-state index contributed by atoms with van der Waals surface area (Å²) in [6.45, 7) is 11.1. The normalized spacial score (nSPS) is 17.7. The van der Waals surface area contributed by atoms with Gasteiger partial charge in [-0.15, -0.1) is 24.8 Å². The van der Waals surface area contributed by atoms with Gasteiger partial charge >= 0.3 is 0 Å². The average molecular weight is 737 g/mol. The molecule has 3 aliphatic rings. The lowest BCUT2D eigenvalue weighted by molar-refractivity contribution is -0.137. The van der Waals surface area contributed by atoms with Crippen molar-refractivity contribution >= 4 is 54.1 Å². The van der Waals surface area contributed by atoms with E-state index in [0.29, 0.717) is 82.9 Å². The summed E-state index contributed by atoms with van der Waals surface area (Å²) in [7, 11) is 0. The Hall–Kier alpha value is -2.44. The minimum Gasteiger partial charge on any atom is -0.379 e. The van der Waals surface area contributed by atoms with Gasteiger partial charge in [0.15, 0.2) is 0 Å². The summed E-state index contributed by atoms with van der Waals surface area (Å²) in [4.78, 5) is 53.1. The summed E-state index contributed by atoms with van der Waals surface area (Å²) in [6, 6.07) is 4.38. The van der Waals surface area contributed by atoms with Crippen molar-refractivity contribution in [1.29, 1.82) is 0 Å². The molecule has 3 N–H and O–H groups in total. The van der Waals surface area contributed by atoms with Crippen LogP contribution >= 0.6 is 24.8 Å². The topological polar surface area (TPSA) is 166 Å². The van der Waals surface area contributed by atoms with Crippen molar-refractivity contribution in [2.24, 2.45) is 0 Å². The van der Waals surface area contributed by atoms with Gasteiger partial charge in [-0.25, -0.2) is 0 Å². The van der Waals surface area contributed by atoms with Crippen LogP contribution in [-0.4, -0.2) is 151 Å². The Bertz CT molecular complexity index is 1160. The van der Waals surface area contributed by atoms with Crippen LogP contribution in [0.15, 0.2) is 18.2 Å². The van der Waals surface area contributed by atoms with E-state index in [1.54, 1.807) is 18.2 Å². The van der Waals surface area contributed by atoms with E-state index in [2.05, 4.69) is 20.9 Å². The molecular weight excluding hydrogens is 685 g/mol.